The Bertz CT molecular complexity index is 532. The van der Waals surface area contributed by atoms with Crippen molar-refractivity contribution in [3.8, 4) is 11.5 Å². The van der Waals surface area contributed by atoms with E-state index >= 15 is 0 Å². The minimum atomic E-state index is -0.649. The third-order valence-corrected chi connectivity index (χ3v) is 2.62. The summed E-state index contributed by atoms with van der Waals surface area (Å²) in [5, 5.41) is 9.93. The van der Waals surface area contributed by atoms with Crippen LogP contribution in [0.25, 0.3) is 0 Å². The topological polar surface area (TPSA) is 29.5 Å². The van der Waals surface area contributed by atoms with Gasteiger partial charge in [-0.25, -0.2) is 0 Å². The summed E-state index contributed by atoms with van der Waals surface area (Å²) in [7, 11) is 0. The largest absolute Gasteiger partial charge is 0.457 e. The van der Waals surface area contributed by atoms with E-state index in [9.17, 15) is 5.11 Å². The van der Waals surface area contributed by atoms with Gasteiger partial charge in [-0.15, -0.1) is 0 Å². The molecule has 0 aliphatic heterocycles. The lowest BCUT2D eigenvalue weighted by atomic mass is 10.0. The van der Waals surface area contributed by atoms with E-state index in [2.05, 4.69) is 6.58 Å². The molecule has 0 amide bonds. The molecule has 2 aromatic carbocycles. The number of hydrogen-bond acceptors (Lipinski definition) is 2. The van der Waals surface area contributed by atoms with Crippen molar-refractivity contribution in [2.45, 2.75) is 13.0 Å². The van der Waals surface area contributed by atoms with E-state index in [1.165, 1.54) is 0 Å². The number of aliphatic hydroxyl groups is 1. The fourth-order valence-corrected chi connectivity index (χ4v) is 1.66. The maximum absolute atomic E-state index is 9.93. The maximum Gasteiger partial charge on any atom is 0.127 e. The van der Waals surface area contributed by atoms with Crippen molar-refractivity contribution < 1.29 is 9.84 Å². The number of aliphatic hydroxyl groups excluding tert-OH is 1. The van der Waals surface area contributed by atoms with Crippen molar-refractivity contribution in [3.05, 3.63) is 72.3 Å². The average Bonchev–Trinajstić information content (AvgIpc) is 2.39. The van der Waals surface area contributed by atoms with E-state index in [0.717, 1.165) is 11.3 Å². The summed E-state index contributed by atoms with van der Waals surface area (Å²) in [5.74, 6) is 1.48. The highest BCUT2D eigenvalue weighted by Gasteiger charge is 2.08. The predicted molar refractivity (Wildman–Crippen MR) is 72.7 cm³/mol. The molecule has 2 nitrogen and oxygen atoms in total. The molecule has 0 saturated carbocycles. The number of para-hydroxylation sites is 1. The first kappa shape index (κ1) is 12.4. The fraction of sp³-hybridized carbons (Fsp3) is 0.125. The summed E-state index contributed by atoms with van der Waals surface area (Å²) >= 11 is 0. The summed E-state index contributed by atoms with van der Waals surface area (Å²) in [6, 6.07) is 17.0. The van der Waals surface area contributed by atoms with Crippen molar-refractivity contribution in [1.29, 1.82) is 0 Å². The third kappa shape index (κ3) is 2.99. The lowest BCUT2D eigenvalue weighted by molar-refractivity contribution is 0.216. The molecule has 1 atom stereocenters. The van der Waals surface area contributed by atoms with Crippen molar-refractivity contribution in [2.24, 2.45) is 0 Å². The van der Waals surface area contributed by atoms with Gasteiger partial charge in [0, 0.05) is 0 Å². The van der Waals surface area contributed by atoms with Gasteiger partial charge in [-0.05, 0) is 42.3 Å². The Labute approximate surface area is 107 Å². The average molecular weight is 240 g/mol. The molecular weight excluding hydrogens is 224 g/mol. The maximum atomic E-state index is 9.93. The quantitative estimate of drug-likeness (QED) is 0.816. The van der Waals surface area contributed by atoms with Gasteiger partial charge in [-0.3, -0.25) is 0 Å². The lowest BCUT2D eigenvalue weighted by Crippen LogP contribution is -1.98. The Hall–Kier alpha value is -2.06. The van der Waals surface area contributed by atoms with E-state index in [4.69, 9.17) is 4.74 Å². The van der Waals surface area contributed by atoms with Gasteiger partial charge in [-0.1, -0.05) is 36.9 Å². The van der Waals surface area contributed by atoms with Crippen LogP contribution < -0.4 is 4.74 Å². The first-order chi connectivity index (χ1) is 8.66. The number of hydrogen-bond donors (Lipinski definition) is 1. The number of benzene rings is 2. The third-order valence-electron chi connectivity index (χ3n) is 2.62. The van der Waals surface area contributed by atoms with Gasteiger partial charge in [0.2, 0.25) is 0 Å². The highest BCUT2D eigenvalue weighted by atomic mass is 16.5. The number of ether oxygens (including phenoxy) is 1. The molecule has 0 heterocycles. The molecule has 92 valence electrons. The Morgan fingerprint density at radius 2 is 1.72 bits per heavy atom. The van der Waals surface area contributed by atoms with Crippen LogP contribution in [-0.4, -0.2) is 5.11 Å². The van der Waals surface area contributed by atoms with Crippen LogP contribution >= 0.6 is 0 Å². The molecule has 1 unspecified atom stereocenters. The molecule has 2 aromatic rings. The van der Waals surface area contributed by atoms with Crippen LogP contribution in [0.1, 0.15) is 18.6 Å². The molecule has 18 heavy (non-hydrogen) atoms. The first-order valence-corrected chi connectivity index (χ1v) is 5.83. The first-order valence-electron chi connectivity index (χ1n) is 5.83. The van der Waals surface area contributed by atoms with Crippen LogP contribution in [0.3, 0.4) is 0 Å². The SMILES string of the molecule is C=C(C)C(O)c1cccc(Oc2ccccc2)c1. The molecule has 2 heteroatoms. The molecule has 2 rings (SSSR count). The van der Waals surface area contributed by atoms with E-state index in [0.29, 0.717) is 11.3 Å². The standard InChI is InChI=1S/C16H16O2/c1-12(2)16(17)13-7-6-10-15(11-13)18-14-8-4-3-5-9-14/h3-11,16-17H,1H2,2H3. The normalized spacial score (nSPS) is 11.9. The van der Waals surface area contributed by atoms with E-state index in [1.807, 2.05) is 54.6 Å². The van der Waals surface area contributed by atoms with Crippen LogP contribution in [0.2, 0.25) is 0 Å². The fourth-order valence-electron chi connectivity index (χ4n) is 1.66. The van der Waals surface area contributed by atoms with Crippen molar-refractivity contribution >= 4 is 0 Å². The lowest BCUT2D eigenvalue weighted by Gasteiger charge is -2.12. The second-order valence-electron chi connectivity index (χ2n) is 4.24. The molecule has 1 N–H and O–H groups in total. The Kier molecular flexibility index (Phi) is 3.80. The molecule has 0 spiro atoms. The monoisotopic (exact) mass is 240 g/mol. The second-order valence-corrected chi connectivity index (χ2v) is 4.24. The van der Waals surface area contributed by atoms with Gasteiger partial charge in [-0.2, -0.15) is 0 Å². The molecule has 0 saturated heterocycles. The zero-order valence-electron chi connectivity index (χ0n) is 10.3. The van der Waals surface area contributed by atoms with Gasteiger partial charge in [0.25, 0.3) is 0 Å². The molecule has 0 aliphatic carbocycles. The minimum Gasteiger partial charge on any atom is -0.457 e. The number of rotatable bonds is 4. The zero-order chi connectivity index (χ0) is 13.0. The van der Waals surface area contributed by atoms with Gasteiger partial charge in [0.15, 0.2) is 0 Å². The van der Waals surface area contributed by atoms with Crippen molar-refractivity contribution in [2.75, 3.05) is 0 Å². The second kappa shape index (κ2) is 5.52. The Morgan fingerprint density at radius 1 is 1.06 bits per heavy atom. The summed E-state index contributed by atoms with van der Waals surface area (Å²) in [5.41, 5.74) is 1.50. The van der Waals surface area contributed by atoms with Crippen LogP contribution in [0.4, 0.5) is 0 Å². The van der Waals surface area contributed by atoms with Crippen LogP contribution in [-0.2, 0) is 0 Å². The van der Waals surface area contributed by atoms with E-state index in [1.54, 1.807) is 6.92 Å². The van der Waals surface area contributed by atoms with Crippen LogP contribution in [0, 0.1) is 0 Å². The minimum absolute atomic E-state index is 0.649. The van der Waals surface area contributed by atoms with Crippen molar-refractivity contribution in [3.63, 3.8) is 0 Å². The van der Waals surface area contributed by atoms with E-state index < -0.39 is 6.10 Å². The molecule has 0 radical (unpaired) electrons. The summed E-state index contributed by atoms with van der Waals surface area (Å²) < 4.78 is 5.71. The molecular formula is C16H16O2. The summed E-state index contributed by atoms with van der Waals surface area (Å²) in [6.07, 6.45) is -0.649. The molecule has 0 fully saturated rings. The van der Waals surface area contributed by atoms with Gasteiger partial charge < -0.3 is 9.84 Å². The van der Waals surface area contributed by atoms with Crippen LogP contribution in [0.15, 0.2) is 66.7 Å². The van der Waals surface area contributed by atoms with Gasteiger partial charge >= 0.3 is 0 Å². The molecule has 0 aromatic heterocycles. The Morgan fingerprint density at radius 3 is 2.39 bits per heavy atom. The van der Waals surface area contributed by atoms with E-state index in [-0.39, 0.29) is 0 Å². The molecule has 0 aliphatic rings. The van der Waals surface area contributed by atoms with Crippen LogP contribution in [0.5, 0.6) is 11.5 Å². The Balaban J connectivity index is 2.20. The van der Waals surface area contributed by atoms with Crippen molar-refractivity contribution in [1.82, 2.24) is 0 Å². The molecule has 0 bridgehead atoms. The zero-order valence-corrected chi connectivity index (χ0v) is 10.3. The predicted octanol–water partition coefficient (Wildman–Crippen LogP) is 4.09. The highest BCUT2D eigenvalue weighted by Crippen LogP contribution is 2.26. The summed E-state index contributed by atoms with van der Waals surface area (Å²) in [6.45, 7) is 5.56. The van der Waals surface area contributed by atoms with Gasteiger partial charge in [0.05, 0.1) is 6.10 Å². The smallest absolute Gasteiger partial charge is 0.127 e. The summed E-state index contributed by atoms with van der Waals surface area (Å²) in [4.78, 5) is 0. The highest BCUT2D eigenvalue weighted by molar-refractivity contribution is 5.36. The van der Waals surface area contributed by atoms with Gasteiger partial charge in [0.1, 0.15) is 11.5 Å².